The Labute approximate surface area is 200 Å². The van der Waals surface area contributed by atoms with Gasteiger partial charge in [0.1, 0.15) is 12.4 Å². The van der Waals surface area contributed by atoms with E-state index in [2.05, 4.69) is 18.5 Å². The molecule has 3 rings (SSSR count). The minimum Gasteiger partial charge on any atom is -0.397 e. The van der Waals surface area contributed by atoms with Crippen LogP contribution in [0, 0.1) is 5.82 Å². The molecule has 0 bridgehead atoms. The number of benzene rings is 2. The maximum Gasteiger partial charge on any atom is 0.405 e. The van der Waals surface area contributed by atoms with Crippen LogP contribution in [-0.2, 0) is 11.2 Å². The molecule has 0 aromatic heterocycles. The average Bonchev–Trinajstić information content (AvgIpc) is 2.76. The van der Waals surface area contributed by atoms with Gasteiger partial charge in [0.25, 0.3) is 0 Å². The van der Waals surface area contributed by atoms with Crippen molar-refractivity contribution in [2.75, 3.05) is 26.2 Å². The van der Waals surface area contributed by atoms with E-state index in [0.29, 0.717) is 16.4 Å². The van der Waals surface area contributed by atoms with E-state index in [4.69, 9.17) is 11.5 Å². The third-order valence-electron chi connectivity index (χ3n) is 5.66. The molecule has 0 aliphatic carbocycles. The van der Waals surface area contributed by atoms with Crippen LogP contribution < -0.4 is 22.1 Å². The second-order valence-electron chi connectivity index (χ2n) is 8.32. The highest BCUT2D eigenvalue weighted by molar-refractivity contribution is 7.29. The summed E-state index contributed by atoms with van der Waals surface area (Å²) < 4.78 is 53.4. The molecule has 4 N–H and O–H groups in total. The molecule has 3 atom stereocenters. The maximum atomic E-state index is 13.9. The molecule has 34 heavy (non-hydrogen) atoms. The van der Waals surface area contributed by atoms with Gasteiger partial charge >= 0.3 is 6.18 Å². The van der Waals surface area contributed by atoms with E-state index < -0.39 is 18.8 Å². The molecule has 11 heteroatoms. The average molecular weight is 514 g/mol. The molecule has 184 valence electrons. The Morgan fingerprint density at radius 1 is 1.09 bits per heavy atom. The van der Waals surface area contributed by atoms with E-state index in [-0.39, 0.29) is 55.6 Å². The van der Waals surface area contributed by atoms with Gasteiger partial charge in [-0.1, -0.05) is 30.3 Å². The van der Waals surface area contributed by atoms with Crippen LogP contribution in [-0.4, -0.2) is 54.1 Å². The van der Waals surface area contributed by atoms with Crippen molar-refractivity contribution >= 4 is 40.7 Å². The largest absolute Gasteiger partial charge is 0.405 e. The Kier molecular flexibility index (Phi) is 8.56. The molecule has 1 aliphatic heterocycles. The minimum absolute atomic E-state index is 0.0000564. The van der Waals surface area contributed by atoms with Crippen LogP contribution >= 0.6 is 18.5 Å². The van der Waals surface area contributed by atoms with Gasteiger partial charge in [-0.05, 0) is 35.0 Å². The molecule has 3 unspecified atom stereocenters. The van der Waals surface area contributed by atoms with Crippen molar-refractivity contribution in [3.05, 3.63) is 65.1 Å². The number of hydrogen-bond donors (Lipinski definition) is 2. The first-order chi connectivity index (χ1) is 15.9. The van der Waals surface area contributed by atoms with Gasteiger partial charge in [0.05, 0.1) is 17.9 Å². The molecular formula is C23H28F4N4OP2. The zero-order valence-corrected chi connectivity index (χ0v) is 20.8. The summed E-state index contributed by atoms with van der Waals surface area (Å²) in [5, 5.41) is 1.22. The molecule has 1 heterocycles. The van der Waals surface area contributed by atoms with Crippen LogP contribution in [0.4, 0.5) is 17.6 Å². The number of carbonyl (C=O) groups is 1. The highest BCUT2D eigenvalue weighted by atomic mass is 31.0. The van der Waals surface area contributed by atoms with Gasteiger partial charge in [-0.15, -0.1) is 18.5 Å². The molecule has 1 fully saturated rings. The molecule has 2 aromatic rings. The number of hydrogen-bond acceptors (Lipinski definition) is 4. The lowest BCUT2D eigenvalue weighted by atomic mass is 10.0. The van der Waals surface area contributed by atoms with E-state index in [1.54, 1.807) is 36.4 Å². The summed E-state index contributed by atoms with van der Waals surface area (Å²) in [4.78, 5) is 15.6. The van der Waals surface area contributed by atoms with Crippen LogP contribution in [0.5, 0.6) is 0 Å². The fourth-order valence-corrected chi connectivity index (χ4v) is 4.75. The first-order valence-corrected chi connectivity index (χ1v) is 11.8. The zero-order valence-electron chi connectivity index (χ0n) is 18.5. The monoisotopic (exact) mass is 514 g/mol. The second-order valence-corrected chi connectivity index (χ2v) is 9.56. The first-order valence-electron chi connectivity index (χ1n) is 10.7. The van der Waals surface area contributed by atoms with Crippen molar-refractivity contribution < 1.29 is 22.4 Å². The molecule has 1 aliphatic rings. The number of carbonyl (C=O) groups excluding carboxylic acids is 1. The lowest BCUT2D eigenvalue weighted by Gasteiger charge is -2.39. The topological polar surface area (TPSA) is 75.6 Å². The number of piperazine rings is 1. The smallest absolute Gasteiger partial charge is 0.397 e. The SMILES string of the molecule is N/C(=C1/CN(C(=O)CC(N)Cc2cc(F)c(P)cc2P)CCN1CC(F)(F)F)c1ccccc1. The van der Waals surface area contributed by atoms with Gasteiger partial charge in [0.2, 0.25) is 5.91 Å². The van der Waals surface area contributed by atoms with Gasteiger partial charge < -0.3 is 21.3 Å². The van der Waals surface area contributed by atoms with Gasteiger partial charge in [-0.3, -0.25) is 4.79 Å². The lowest BCUT2D eigenvalue weighted by molar-refractivity contribution is -0.146. The molecular weight excluding hydrogens is 486 g/mol. The minimum atomic E-state index is -4.41. The Bertz CT molecular complexity index is 1060. The standard InChI is InChI=1S/C23H28F4N4OP2/c24-17-9-15(19(33)11-20(17)34)8-16(28)10-21(32)30-6-7-31(13-23(25,26)27)18(12-30)22(29)14-4-2-1-3-5-14/h1-5,9,11,16H,6-8,10,12-13,28-29,33-34H2/b22-18-. The predicted octanol–water partition coefficient (Wildman–Crippen LogP) is 2.12. The summed E-state index contributed by atoms with van der Waals surface area (Å²) in [5.41, 5.74) is 14.2. The van der Waals surface area contributed by atoms with E-state index in [9.17, 15) is 22.4 Å². The van der Waals surface area contributed by atoms with Gasteiger partial charge in [-0.2, -0.15) is 13.2 Å². The number of amides is 1. The third kappa shape index (κ3) is 6.91. The number of rotatable bonds is 6. The normalized spacial score (nSPS) is 17.0. The summed E-state index contributed by atoms with van der Waals surface area (Å²) in [5.74, 6) is -0.664. The summed E-state index contributed by atoms with van der Waals surface area (Å²) in [6, 6.07) is 11.2. The first kappa shape index (κ1) is 26.4. The molecule has 0 saturated carbocycles. The Hall–Kier alpha value is -2.21. The summed E-state index contributed by atoms with van der Waals surface area (Å²) in [6.45, 7) is -1.07. The van der Waals surface area contributed by atoms with E-state index >= 15 is 0 Å². The predicted molar refractivity (Wildman–Crippen MR) is 133 cm³/mol. The third-order valence-corrected chi connectivity index (χ3v) is 6.64. The quantitative estimate of drug-likeness (QED) is 0.458. The maximum absolute atomic E-state index is 13.9. The Morgan fingerprint density at radius 2 is 1.76 bits per heavy atom. The van der Waals surface area contributed by atoms with Crippen molar-refractivity contribution in [2.24, 2.45) is 11.5 Å². The summed E-state index contributed by atoms with van der Waals surface area (Å²) >= 11 is 0. The van der Waals surface area contributed by atoms with Crippen LogP contribution in [0.1, 0.15) is 17.5 Å². The highest BCUT2D eigenvalue weighted by Gasteiger charge is 2.36. The number of nitrogens with two attached hydrogens (primary N) is 2. The van der Waals surface area contributed by atoms with Crippen LogP contribution in [0.3, 0.4) is 0 Å². The Balaban J connectivity index is 1.75. The fraction of sp³-hybridized carbons (Fsp3) is 0.348. The van der Waals surface area contributed by atoms with Crippen molar-refractivity contribution in [2.45, 2.75) is 25.1 Å². The molecule has 2 aromatic carbocycles. The fourth-order valence-electron chi connectivity index (χ4n) is 3.91. The van der Waals surface area contributed by atoms with E-state index in [0.717, 1.165) is 5.30 Å². The van der Waals surface area contributed by atoms with Gasteiger partial charge in [0, 0.05) is 30.9 Å². The van der Waals surface area contributed by atoms with Gasteiger partial charge in [0.15, 0.2) is 0 Å². The molecule has 1 saturated heterocycles. The number of alkyl halides is 3. The van der Waals surface area contributed by atoms with E-state index in [1.807, 2.05) is 0 Å². The molecule has 5 nitrogen and oxygen atoms in total. The van der Waals surface area contributed by atoms with Crippen molar-refractivity contribution in [1.82, 2.24) is 9.80 Å². The number of nitrogens with zero attached hydrogens (tertiary/aromatic N) is 2. The zero-order chi connectivity index (χ0) is 25.0. The summed E-state index contributed by atoms with van der Waals surface area (Å²) in [7, 11) is 4.84. The van der Waals surface area contributed by atoms with Gasteiger partial charge in [-0.25, -0.2) is 4.39 Å². The highest BCUT2D eigenvalue weighted by Crippen LogP contribution is 2.26. The van der Waals surface area contributed by atoms with Crippen molar-refractivity contribution in [3.63, 3.8) is 0 Å². The summed E-state index contributed by atoms with van der Waals surface area (Å²) in [6.07, 6.45) is -4.14. The van der Waals surface area contributed by atoms with Crippen LogP contribution in [0.25, 0.3) is 5.70 Å². The molecule has 1 amide bonds. The molecule has 0 spiro atoms. The second kappa shape index (κ2) is 11.0. The molecule has 0 radical (unpaired) electrons. The van der Waals surface area contributed by atoms with Crippen molar-refractivity contribution in [3.8, 4) is 0 Å². The van der Waals surface area contributed by atoms with Crippen LogP contribution in [0.2, 0.25) is 0 Å². The number of halogens is 4. The lowest BCUT2D eigenvalue weighted by Crippen LogP contribution is -2.51. The van der Waals surface area contributed by atoms with Crippen molar-refractivity contribution in [1.29, 1.82) is 0 Å². The Morgan fingerprint density at radius 3 is 2.41 bits per heavy atom. The van der Waals surface area contributed by atoms with Crippen LogP contribution in [0.15, 0.2) is 48.2 Å². The van der Waals surface area contributed by atoms with E-state index in [1.165, 1.54) is 15.9 Å².